The van der Waals surface area contributed by atoms with Crippen molar-refractivity contribution >= 4 is 17.2 Å². The Morgan fingerprint density at radius 1 is 1.53 bits per heavy atom. The van der Waals surface area contributed by atoms with E-state index in [1.54, 1.807) is 17.5 Å². The van der Waals surface area contributed by atoms with Gasteiger partial charge in [-0.1, -0.05) is 6.07 Å². The van der Waals surface area contributed by atoms with Crippen molar-refractivity contribution in [1.29, 1.82) is 0 Å². The number of hydrogen-bond donors (Lipinski definition) is 0. The number of nitrogens with zero attached hydrogens (tertiary/aromatic N) is 3. The second-order valence-electron chi connectivity index (χ2n) is 4.90. The van der Waals surface area contributed by atoms with Crippen LogP contribution in [0.5, 0.6) is 0 Å². The van der Waals surface area contributed by atoms with Crippen LogP contribution in [-0.4, -0.2) is 33.4 Å². The molecular formula is C14H17N3OS. The third-order valence-corrected chi connectivity index (χ3v) is 4.48. The lowest BCUT2D eigenvalue weighted by atomic mass is 10.1. The molecule has 0 aliphatic carbocycles. The van der Waals surface area contributed by atoms with Crippen molar-refractivity contribution in [1.82, 2.24) is 14.5 Å². The lowest BCUT2D eigenvalue weighted by Gasteiger charge is -2.33. The molecule has 0 spiro atoms. The van der Waals surface area contributed by atoms with Crippen LogP contribution in [0.4, 0.5) is 0 Å². The fraction of sp³-hybridized carbons (Fsp3) is 0.429. The zero-order chi connectivity index (χ0) is 13.1. The van der Waals surface area contributed by atoms with E-state index in [2.05, 4.69) is 9.55 Å². The highest BCUT2D eigenvalue weighted by Gasteiger charge is 2.24. The first-order chi connectivity index (χ1) is 9.33. The summed E-state index contributed by atoms with van der Waals surface area (Å²) < 4.78 is 2.12. The number of piperidine rings is 1. The fourth-order valence-electron chi connectivity index (χ4n) is 2.58. The number of hydrogen-bond acceptors (Lipinski definition) is 3. The molecule has 0 aromatic carbocycles. The van der Waals surface area contributed by atoms with Gasteiger partial charge < -0.3 is 9.47 Å². The Hall–Kier alpha value is -1.62. The van der Waals surface area contributed by atoms with Gasteiger partial charge in [-0.05, 0) is 24.3 Å². The summed E-state index contributed by atoms with van der Waals surface area (Å²) in [4.78, 5) is 19.5. The molecule has 19 heavy (non-hydrogen) atoms. The highest BCUT2D eigenvalue weighted by molar-refractivity contribution is 7.10. The second-order valence-corrected chi connectivity index (χ2v) is 5.93. The third-order valence-electron chi connectivity index (χ3n) is 3.60. The number of carbonyl (C=O) groups is 1. The summed E-state index contributed by atoms with van der Waals surface area (Å²) in [6.45, 7) is 1.69. The van der Waals surface area contributed by atoms with Crippen molar-refractivity contribution < 1.29 is 4.79 Å². The minimum absolute atomic E-state index is 0.243. The molecule has 0 N–H and O–H groups in total. The van der Waals surface area contributed by atoms with E-state index < -0.39 is 0 Å². The Bertz CT molecular complexity index is 521. The molecule has 100 valence electrons. The number of amides is 1. The highest BCUT2D eigenvalue weighted by atomic mass is 32.1. The van der Waals surface area contributed by atoms with Crippen molar-refractivity contribution in [2.45, 2.75) is 25.3 Å². The van der Waals surface area contributed by atoms with E-state index in [4.69, 9.17) is 0 Å². The molecular weight excluding hydrogens is 258 g/mol. The first-order valence-corrected chi connectivity index (χ1v) is 7.48. The van der Waals surface area contributed by atoms with Crippen LogP contribution in [0.25, 0.3) is 0 Å². The first-order valence-electron chi connectivity index (χ1n) is 6.60. The largest absolute Gasteiger partial charge is 0.340 e. The molecule has 2 aromatic heterocycles. The normalized spacial score (nSPS) is 19.6. The molecule has 0 radical (unpaired) electrons. The molecule has 0 saturated carbocycles. The maximum Gasteiger partial charge on any atom is 0.227 e. The lowest BCUT2D eigenvalue weighted by molar-refractivity contribution is -0.132. The number of imidazole rings is 1. The van der Waals surface area contributed by atoms with Crippen molar-refractivity contribution in [2.75, 3.05) is 13.1 Å². The van der Waals surface area contributed by atoms with Crippen LogP contribution in [0.3, 0.4) is 0 Å². The molecule has 2 aromatic rings. The van der Waals surface area contributed by atoms with Crippen molar-refractivity contribution in [3.63, 3.8) is 0 Å². The molecule has 1 atom stereocenters. The minimum Gasteiger partial charge on any atom is -0.340 e. The monoisotopic (exact) mass is 275 g/mol. The quantitative estimate of drug-likeness (QED) is 0.862. The Morgan fingerprint density at radius 3 is 3.21 bits per heavy atom. The van der Waals surface area contributed by atoms with E-state index in [9.17, 15) is 4.79 Å². The van der Waals surface area contributed by atoms with Crippen LogP contribution in [0, 0.1) is 0 Å². The maximum atomic E-state index is 12.3. The number of aromatic nitrogens is 2. The molecule has 1 aliphatic rings. The first kappa shape index (κ1) is 12.4. The summed E-state index contributed by atoms with van der Waals surface area (Å²) in [5, 5.41) is 2.02. The van der Waals surface area contributed by atoms with Gasteiger partial charge >= 0.3 is 0 Å². The molecule has 1 fully saturated rings. The highest BCUT2D eigenvalue weighted by Crippen LogP contribution is 2.22. The van der Waals surface area contributed by atoms with Crippen molar-refractivity contribution in [2.24, 2.45) is 0 Å². The van der Waals surface area contributed by atoms with Gasteiger partial charge in [0.2, 0.25) is 5.91 Å². The lowest BCUT2D eigenvalue weighted by Crippen LogP contribution is -2.41. The number of thiophene rings is 1. The predicted molar refractivity (Wildman–Crippen MR) is 75.1 cm³/mol. The molecule has 1 saturated heterocycles. The van der Waals surface area contributed by atoms with Gasteiger partial charge in [0.1, 0.15) is 0 Å². The average Bonchev–Trinajstić information content (AvgIpc) is 3.12. The molecule has 1 aliphatic heterocycles. The van der Waals surface area contributed by atoms with Crippen LogP contribution in [0.2, 0.25) is 0 Å². The van der Waals surface area contributed by atoms with Gasteiger partial charge in [0, 0.05) is 30.4 Å². The van der Waals surface area contributed by atoms with Crippen LogP contribution < -0.4 is 0 Å². The Morgan fingerprint density at radius 2 is 2.47 bits per heavy atom. The van der Waals surface area contributed by atoms with Gasteiger partial charge in [-0.3, -0.25) is 4.79 Å². The van der Waals surface area contributed by atoms with Gasteiger partial charge in [0.05, 0.1) is 18.8 Å². The van der Waals surface area contributed by atoms with E-state index >= 15 is 0 Å². The Labute approximate surface area is 116 Å². The topological polar surface area (TPSA) is 38.1 Å². The number of carbonyl (C=O) groups excluding carboxylic acids is 1. The van der Waals surface area contributed by atoms with Crippen LogP contribution in [-0.2, 0) is 11.2 Å². The SMILES string of the molecule is O=C(Cc1cccs1)N1CCCC(n2ccnc2)C1. The smallest absolute Gasteiger partial charge is 0.227 e. The predicted octanol–water partition coefficient (Wildman–Crippen LogP) is 2.35. The summed E-state index contributed by atoms with van der Waals surface area (Å²) in [5.74, 6) is 0.243. The molecule has 4 nitrogen and oxygen atoms in total. The van der Waals surface area contributed by atoms with Gasteiger partial charge in [-0.2, -0.15) is 0 Å². The molecule has 3 heterocycles. The second kappa shape index (κ2) is 5.57. The molecule has 0 bridgehead atoms. The summed E-state index contributed by atoms with van der Waals surface area (Å²) in [6.07, 6.45) is 8.36. The van der Waals surface area contributed by atoms with E-state index in [1.807, 2.05) is 34.9 Å². The molecule has 5 heteroatoms. The molecule has 1 unspecified atom stereocenters. The zero-order valence-electron chi connectivity index (χ0n) is 10.7. The van der Waals surface area contributed by atoms with Crippen LogP contribution in [0.1, 0.15) is 23.8 Å². The average molecular weight is 275 g/mol. The van der Waals surface area contributed by atoms with Gasteiger partial charge in [-0.25, -0.2) is 4.98 Å². The molecule has 3 rings (SSSR count). The zero-order valence-corrected chi connectivity index (χ0v) is 11.6. The van der Waals surface area contributed by atoms with Crippen molar-refractivity contribution in [3.8, 4) is 0 Å². The van der Waals surface area contributed by atoms with E-state index in [0.717, 1.165) is 30.8 Å². The summed E-state index contributed by atoms with van der Waals surface area (Å²) in [7, 11) is 0. The van der Waals surface area contributed by atoms with Gasteiger partial charge in [0.25, 0.3) is 0 Å². The Kier molecular flexibility index (Phi) is 3.64. The van der Waals surface area contributed by atoms with Gasteiger partial charge in [0.15, 0.2) is 0 Å². The number of rotatable bonds is 3. The Balaban J connectivity index is 1.63. The van der Waals surface area contributed by atoms with E-state index in [1.165, 1.54) is 0 Å². The number of likely N-dealkylation sites (tertiary alicyclic amines) is 1. The minimum atomic E-state index is 0.243. The summed E-state index contributed by atoms with van der Waals surface area (Å²) in [6, 6.07) is 4.40. The van der Waals surface area contributed by atoms with Crippen LogP contribution >= 0.6 is 11.3 Å². The summed E-state index contributed by atoms with van der Waals surface area (Å²) >= 11 is 1.65. The molecule has 1 amide bonds. The van der Waals surface area contributed by atoms with E-state index in [0.29, 0.717) is 12.5 Å². The standard InChI is InChI=1S/C14H17N3OS/c18-14(9-13-4-2-8-19-13)16-6-1-3-12(10-16)17-7-5-15-11-17/h2,4-5,7-8,11-12H,1,3,6,9-10H2. The maximum absolute atomic E-state index is 12.3. The fourth-order valence-corrected chi connectivity index (χ4v) is 3.28. The van der Waals surface area contributed by atoms with Crippen molar-refractivity contribution in [3.05, 3.63) is 41.1 Å². The van der Waals surface area contributed by atoms with Crippen LogP contribution in [0.15, 0.2) is 36.2 Å². The third kappa shape index (κ3) is 2.87. The van der Waals surface area contributed by atoms with Gasteiger partial charge in [-0.15, -0.1) is 11.3 Å². The summed E-state index contributed by atoms with van der Waals surface area (Å²) in [5.41, 5.74) is 0. The van der Waals surface area contributed by atoms with E-state index in [-0.39, 0.29) is 5.91 Å².